The quantitative estimate of drug-likeness (QED) is 0.824. The number of carbonyl (C=O) groups is 2. The van der Waals surface area contributed by atoms with E-state index in [1.165, 1.54) is 24.5 Å². The molecule has 0 radical (unpaired) electrons. The molecule has 0 saturated carbocycles. The Morgan fingerprint density at radius 2 is 2.19 bits per heavy atom. The van der Waals surface area contributed by atoms with Gasteiger partial charge in [0.2, 0.25) is 0 Å². The number of ether oxygens (including phenoxy) is 2. The Morgan fingerprint density at radius 1 is 1.38 bits per heavy atom. The van der Waals surface area contributed by atoms with Gasteiger partial charge in [-0.25, -0.2) is 9.78 Å². The van der Waals surface area contributed by atoms with Crippen molar-refractivity contribution in [2.24, 2.45) is 0 Å². The Morgan fingerprint density at radius 3 is 2.92 bits per heavy atom. The van der Waals surface area contributed by atoms with E-state index in [0.29, 0.717) is 40.4 Å². The lowest BCUT2D eigenvalue weighted by Gasteiger charge is -2.24. The number of carbonyl (C=O) groups excluding carboxylic acids is 2. The number of benzene rings is 1. The Balaban J connectivity index is 1.57. The van der Waals surface area contributed by atoms with Crippen molar-refractivity contribution in [3.63, 3.8) is 0 Å². The Labute approximate surface area is 163 Å². The molecule has 2 amide bonds. The van der Waals surface area contributed by atoms with Crippen molar-refractivity contribution >= 4 is 51.7 Å². The molecular weight excluding hydrogens is 401 g/mol. The third-order valence-corrected chi connectivity index (χ3v) is 5.19. The number of amides is 2. The van der Waals surface area contributed by atoms with Crippen LogP contribution in [-0.4, -0.2) is 42.1 Å². The van der Waals surface area contributed by atoms with Crippen LogP contribution >= 0.6 is 34.5 Å². The van der Waals surface area contributed by atoms with E-state index in [0.717, 1.165) is 10.6 Å². The van der Waals surface area contributed by atoms with Gasteiger partial charge < -0.3 is 14.4 Å². The number of fused-ring (bicyclic) bond motifs is 1. The molecule has 10 heteroatoms. The molecular formula is C16H15Cl2N3O4S. The second-order valence-corrected chi connectivity index (χ2v) is 7.37. The maximum Gasteiger partial charge on any atom is 0.409 e. The molecule has 26 heavy (non-hydrogen) atoms. The zero-order valence-electron chi connectivity index (χ0n) is 13.8. The van der Waals surface area contributed by atoms with E-state index >= 15 is 0 Å². The summed E-state index contributed by atoms with van der Waals surface area (Å²) in [5.74, 6) is 0.0188. The molecule has 0 bridgehead atoms. The summed E-state index contributed by atoms with van der Waals surface area (Å²) < 4.78 is 10.1. The van der Waals surface area contributed by atoms with E-state index in [1.54, 1.807) is 17.0 Å². The molecule has 0 unspecified atom stereocenters. The van der Waals surface area contributed by atoms with Gasteiger partial charge in [0.15, 0.2) is 11.7 Å². The predicted molar refractivity (Wildman–Crippen MR) is 99.2 cm³/mol. The van der Waals surface area contributed by atoms with E-state index in [4.69, 9.17) is 32.7 Å². The number of nitrogens with zero attached hydrogens (tertiary/aromatic N) is 2. The normalized spacial score (nSPS) is 13.1. The van der Waals surface area contributed by atoms with Crippen molar-refractivity contribution in [2.45, 2.75) is 13.0 Å². The van der Waals surface area contributed by atoms with Gasteiger partial charge in [-0.3, -0.25) is 10.1 Å². The molecule has 0 atom stereocenters. The second kappa shape index (κ2) is 8.11. The molecule has 1 aromatic carbocycles. The van der Waals surface area contributed by atoms with Crippen molar-refractivity contribution in [1.82, 2.24) is 9.88 Å². The highest BCUT2D eigenvalue weighted by molar-refractivity contribution is 7.15. The number of hydrogen-bond acceptors (Lipinski definition) is 6. The first kappa shape index (κ1) is 18.8. The second-order valence-electron chi connectivity index (χ2n) is 5.44. The lowest BCUT2D eigenvalue weighted by Crippen LogP contribution is -2.35. The zero-order chi connectivity index (χ0) is 18.7. The highest BCUT2D eigenvalue weighted by atomic mass is 35.5. The average molecular weight is 416 g/mol. The minimum Gasteiger partial charge on any atom is -0.482 e. The van der Waals surface area contributed by atoms with Crippen LogP contribution in [-0.2, 0) is 22.5 Å². The van der Waals surface area contributed by atoms with E-state index in [1.807, 2.05) is 0 Å². The van der Waals surface area contributed by atoms with Crippen molar-refractivity contribution in [2.75, 3.05) is 25.6 Å². The number of rotatable bonds is 4. The standard InChI is InChI=1S/C16H15Cl2N3O4S/c1-24-16(23)21-5-4-11-13(7-21)26-15(19-11)20-14(22)8-25-12-3-2-9(17)6-10(12)18/h2-3,6H,4-5,7-8H2,1H3,(H,19,20,22). The first-order valence-corrected chi connectivity index (χ1v) is 9.22. The fourth-order valence-corrected chi connectivity index (χ4v) is 3.93. The summed E-state index contributed by atoms with van der Waals surface area (Å²) in [7, 11) is 1.35. The maximum absolute atomic E-state index is 12.1. The summed E-state index contributed by atoms with van der Waals surface area (Å²) in [5, 5.41) is 3.99. The molecule has 1 N–H and O–H groups in total. The minimum atomic E-state index is -0.372. The SMILES string of the molecule is COC(=O)N1CCc2nc(NC(=O)COc3ccc(Cl)cc3Cl)sc2C1. The summed E-state index contributed by atoms with van der Waals surface area (Å²) in [4.78, 5) is 30.6. The zero-order valence-corrected chi connectivity index (χ0v) is 16.1. The number of anilines is 1. The molecule has 7 nitrogen and oxygen atoms in total. The molecule has 0 fully saturated rings. The number of thiazole rings is 1. The summed E-state index contributed by atoms with van der Waals surface area (Å²) in [6, 6.07) is 4.77. The lowest BCUT2D eigenvalue weighted by atomic mass is 10.2. The van der Waals surface area contributed by atoms with Gasteiger partial charge in [-0.2, -0.15) is 0 Å². The van der Waals surface area contributed by atoms with E-state index < -0.39 is 0 Å². The first-order valence-electron chi connectivity index (χ1n) is 7.65. The molecule has 3 rings (SSSR count). The van der Waals surface area contributed by atoms with Gasteiger partial charge in [0.25, 0.3) is 5.91 Å². The Hall–Kier alpha value is -2.03. The number of nitrogens with one attached hydrogen (secondary N) is 1. The smallest absolute Gasteiger partial charge is 0.409 e. The van der Waals surface area contributed by atoms with Crippen molar-refractivity contribution in [1.29, 1.82) is 0 Å². The van der Waals surface area contributed by atoms with Gasteiger partial charge in [0.1, 0.15) is 5.75 Å². The molecule has 1 aliphatic heterocycles. The molecule has 1 aromatic heterocycles. The van der Waals surface area contributed by atoms with E-state index in [-0.39, 0.29) is 18.6 Å². The molecule has 2 heterocycles. The van der Waals surface area contributed by atoms with Crippen LogP contribution in [0.3, 0.4) is 0 Å². The van der Waals surface area contributed by atoms with Gasteiger partial charge in [-0.05, 0) is 18.2 Å². The van der Waals surface area contributed by atoms with Crippen LogP contribution < -0.4 is 10.1 Å². The fourth-order valence-electron chi connectivity index (χ4n) is 2.42. The molecule has 138 valence electrons. The van der Waals surface area contributed by atoms with Crippen molar-refractivity contribution < 1.29 is 19.1 Å². The molecule has 0 saturated heterocycles. The minimum absolute atomic E-state index is 0.208. The summed E-state index contributed by atoms with van der Waals surface area (Å²) >= 11 is 13.1. The van der Waals surface area contributed by atoms with Gasteiger partial charge in [-0.15, -0.1) is 0 Å². The van der Waals surface area contributed by atoms with Gasteiger partial charge >= 0.3 is 6.09 Å². The van der Waals surface area contributed by atoms with E-state index in [2.05, 4.69) is 10.3 Å². The van der Waals surface area contributed by atoms with Crippen LogP contribution in [0.15, 0.2) is 18.2 Å². The summed E-state index contributed by atoms with van der Waals surface area (Å²) in [6.45, 7) is 0.751. The third kappa shape index (κ3) is 4.38. The predicted octanol–water partition coefficient (Wildman–Crippen LogP) is 3.59. The van der Waals surface area contributed by atoms with Crippen LogP contribution in [0.2, 0.25) is 10.0 Å². The van der Waals surface area contributed by atoms with Crippen LogP contribution in [0, 0.1) is 0 Å². The molecule has 2 aromatic rings. The van der Waals surface area contributed by atoms with Crippen LogP contribution in [0.1, 0.15) is 10.6 Å². The molecule has 1 aliphatic rings. The number of aromatic nitrogens is 1. The number of hydrogen-bond donors (Lipinski definition) is 1. The Kier molecular flexibility index (Phi) is 5.85. The third-order valence-electron chi connectivity index (χ3n) is 3.66. The molecule has 0 spiro atoms. The monoisotopic (exact) mass is 415 g/mol. The van der Waals surface area contributed by atoms with Crippen LogP contribution in [0.4, 0.5) is 9.93 Å². The fraction of sp³-hybridized carbons (Fsp3) is 0.312. The summed E-state index contributed by atoms with van der Waals surface area (Å²) in [6.07, 6.45) is 0.246. The number of methoxy groups -OCH3 is 1. The Bertz CT molecular complexity index is 843. The highest BCUT2D eigenvalue weighted by Gasteiger charge is 2.25. The van der Waals surface area contributed by atoms with Crippen molar-refractivity contribution in [3.8, 4) is 5.75 Å². The van der Waals surface area contributed by atoms with Gasteiger partial charge in [-0.1, -0.05) is 34.5 Å². The maximum atomic E-state index is 12.1. The number of halogens is 2. The van der Waals surface area contributed by atoms with Gasteiger partial charge in [0.05, 0.1) is 24.4 Å². The van der Waals surface area contributed by atoms with Crippen LogP contribution in [0.5, 0.6) is 5.75 Å². The molecule has 0 aliphatic carbocycles. The first-order chi connectivity index (χ1) is 12.5. The van der Waals surface area contributed by atoms with Crippen molar-refractivity contribution in [3.05, 3.63) is 38.8 Å². The highest BCUT2D eigenvalue weighted by Crippen LogP contribution is 2.29. The largest absolute Gasteiger partial charge is 0.482 e. The topological polar surface area (TPSA) is 80.8 Å². The van der Waals surface area contributed by atoms with E-state index in [9.17, 15) is 9.59 Å². The van der Waals surface area contributed by atoms with Crippen LogP contribution in [0.25, 0.3) is 0 Å². The van der Waals surface area contributed by atoms with Gasteiger partial charge in [0, 0.05) is 22.9 Å². The summed E-state index contributed by atoms with van der Waals surface area (Å²) in [5.41, 5.74) is 0.882. The lowest BCUT2D eigenvalue weighted by molar-refractivity contribution is -0.118. The average Bonchev–Trinajstić information content (AvgIpc) is 3.01.